The normalized spacial score (nSPS) is 19.8. The third-order valence-corrected chi connectivity index (χ3v) is 5.44. The lowest BCUT2D eigenvalue weighted by Gasteiger charge is -2.27. The fourth-order valence-electron chi connectivity index (χ4n) is 3.38. The Balaban J connectivity index is 1.61. The zero-order chi connectivity index (χ0) is 20.1. The minimum Gasteiger partial charge on any atom is -0.497 e. The van der Waals surface area contributed by atoms with Gasteiger partial charge in [-0.2, -0.15) is 0 Å². The molecule has 0 aliphatic carbocycles. The van der Waals surface area contributed by atoms with Crippen LogP contribution in [0.3, 0.4) is 0 Å². The number of nitrogens with zero attached hydrogens (tertiary/aromatic N) is 1. The standard InChI is InChI=1S/C22H26ClNO4/c1-16-4-9-19(23)20(14-16)28-15-22(26)10-3-12-24(13-11-22)21(25)17-5-7-18(27-2)8-6-17/h4-9,14,26H,3,10-13,15H2,1-2H3. The Morgan fingerprint density at radius 2 is 1.93 bits per heavy atom. The summed E-state index contributed by atoms with van der Waals surface area (Å²) >= 11 is 6.18. The summed E-state index contributed by atoms with van der Waals surface area (Å²) in [5.74, 6) is 1.26. The first-order chi connectivity index (χ1) is 13.4. The van der Waals surface area contributed by atoms with Crippen LogP contribution in [0.1, 0.15) is 35.2 Å². The van der Waals surface area contributed by atoms with E-state index in [9.17, 15) is 9.90 Å². The van der Waals surface area contributed by atoms with Gasteiger partial charge in [-0.1, -0.05) is 17.7 Å². The number of rotatable bonds is 5. The van der Waals surface area contributed by atoms with Crippen LogP contribution < -0.4 is 9.47 Å². The van der Waals surface area contributed by atoms with E-state index in [1.165, 1.54) is 0 Å². The van der Waals surface area contributed by atoms with Crippen molar-refractivity contribution in [2.45, 2.75) is 31.8 Å². The van der Waals surface area contributed by atoms with E-state index in [2.05, 4.69) is 0 Å². The van der Waals surface area contributed by atoms with Crippen molar-refractivity contribution in [1.82, 2.24) is 4.90 Å². The van der Waals surface area contributed by atoms with Crippen LogP contribution in [0.4, 0.5) is 0 Å². The molecule has 0 aromatic heterocycles. The summed E-state index contributed by atoms with van der Waals surface area (Å²) in [6.07, 6.45) is 1.74. The maximum atomic E-state index is 12.8. The zero-order valence-electron chi connectivity index (χ0n) is 16.3. The van der Waals surface area contributed by atoms with Crippen molar-refractivity contribution in [3.63, 3.8) is 0 Å². The number of carbonyl (C=O) groups is 1. The predicted octanol–water partition coefficient (Wildman–Crippen LogP) is 4.09. The number of aryl methyl sites for hydroxylation is 1. The molecule has 1 atom stereocenters. The number of aliphatic hydroxyl groups is 1. The molecule has 1 N–H and O–H groups in total. The van der Waals surface area contributed by atoms with Crippen LogP contribution in [0.2, 0.25) is 5.02 Å². The molecule has 0 radical (unpaired) electrons. The van der Waals surface area contributed by atoms with Crippen LogP contribution in [0, 0.1) is 6.92 Å². The van der Waals surface area contributed by atoms with E-state index in [1.807, 2.05) is 19.1 Å². The van der Waals surface area contributed by atoms with Crippen LogP contribution >= 0.6 is 11.6 Å². The van der Waals surface area contributed by atoms with Gasteiger partial charge in [-0.3, -0.25) is 4.79 Å². The van der Waals surface area contributed by atoms with Crippen molar-refractivity contribution in [1.29, 1.82) is 0 Å². The van der Waals surface area contributed by atoms with Gasteiger partial charge in [-0.15, -0.1) is 0 Å². The maximum Gasteiger partial charge on any atom is 0.253 e. The molecule has 5 nitrogen and oxygen atoms in total. The van der Waals surface area contributed by atoms with Crippen LogP contribution in [0.5, 0.6) is 11.5 Å². The molecule has 1 heterocycles. The number of hydrogen-bond acceptors (Lipinski definition) is 4. The van der Waals surface area contributed by atoms with Crippen molar-refractivity contribution in [2.75, 3.05) is 26.8 Å². The Bertz CT molecular complexity index is 824. The summed E-state index contributed by atoms with van der Waals surface area (Å²) in [7, 11) is 1.60. The van der Waals surface area contributed by atoms with Gasteiger partial charge in [0, 0.05) is 18.7 Å². The molecule has 1 amide bonds. The highest BCUT2D eigenvalue weighted by Crippen LogP contribution is 2.29. The Morgan fingerprint density at radius 1 is 1.18 bits per heavy atom. The lowest BCUT2D eigenvalue weighted by Crippen LogP contribution is -2.38. The molecule has 28 heavy (non-hydrogen) atoms. The summed E-state index contributed by atoms with van der Waals surface area (Å²) < 4.78 is 11.0. The average Bonchev–Trinajstić information content (AvgIpc) is 2.90. The smallest absolute Gasteiger partial charge is 0.253 e. The fraction of sp³-hybridized carbons (Fsp3) is 0.409. The minimum absolute atomic E-state index is 0.0328. The van der Waals surface area contributed by atoms with Gasteiger partial charge >= 0.3 is 0 Å². The number of halogens is 1. The zero-order valence-corrected chi connectivity index (χ0v) is 17.0. The molecule has 0 saturated carbocycles. The van der Waals surface area contributed by atoms with Gasteiger partial charge in [0.05, 0.1) is 12.1 Å². The molecule has 1 aliphatic heterocycles. The Kier molecular flexibility index (Phi) is 6.47. The Morgan fingerprint density at radius 3 is 2.64 bits per heavy atom. The van der Waals surface area contributed by atoms with Crippen LogP contribution in [-0.2, 0) is 0 Å². The van der Waals surface area contributed by atoms with E-state index in [4.69, 9.17) is 21.1 Å². The topological polar surface area (TPSA) is 59.0 Å². The second kappa shape index (κ2) is 8.84. The van der Waals surface area contributed by atoms with E-state index in [1.54, 1.807) is 42.3 Å². The number of benzene rings is 2. The summed E-state index contributed by atoms with van der Waals surface area (Å²) in [6.45, 7) is 3.21. The van der Waals surface area contributed by atoms with E-state index < -0.39 is 5.60 Å². The molecule has 2 aromatic rings. The van der Waals surface area contributed by atoms with Crippen molar-refractivity contribution >= 4 is 17.5 Å². The number of likely N-dealkylation sites (tertiary alicyclic amines) is 1. The maximum absolute atomic E-state index is 12.8. The molecular weight excluding hydrogens is 378 g/mol. The molecule has 1 fully saturated rings. The van der Waals surface area contributed by atoms with Gasteiger partial charge in [-0.25, -0.2) is 0 Å². The van der Waals surface area contributed by atoms with Gasteiger partial charge in [-0.05, 0) is 68.1 Å². The molecule has 1 unspecified atom stereocenters. The van der Waals surface area contributed by atoms with E-state index in [0.717, 1.165) is 5.56 Å². The molecular formula is C22H26ClNO4. The van der Waals surface area contributed by atoms with E-state index in [0.29, 0.717) is 54.4 Å². The van der Waals surface area contributed by atoms with Crippen molar-refractivity contribution in [3.05, 3.63) is 58.6 Å². The SMILES string of the molecule is COc1ccc(C(=O)N2CCCC(O)(COc3cc(C)ccc3Cl)CC2)cc1. The van der Waals surface area contributed by atoms with Gasteiger partial charge < -0.3 is 19.5 Å². The number of ether oxygens (including phenoxy) is 2. The lowest BCUT2D eigenvalue weighted by molar-refractivity contribution is -0.0163. The quantitative estimate of drug-likeness (QED) is 0.816. The molecule has 0 bridgehead atoms. The molecule has 150 valence electrons. The first kappa shape index (κ1) is 20.5. The van der Waals surface area contributed by atoms with Crippen LogP contribution in [0.15, 0.2) is 42.5 Å². The molecule has 2 aromatic carbocycles. The largest absolute Gasteiger partial charge is 0.497 e. The molecule has 6 heteroatoms. The first-order valence-electron chi connectivity index (χ1n) is 9.45. The van der Waals surface area contributed by atoms with Gasteiger partial charge in [0.15, 0.2) is 0 Å². The van der Waals surface area contributed by atoms with Crippen molar-refractivity contribution in [3.8, 4) is 11.5 Å². The molecule has 1 aliphatic rings. The number of carbonyl (C=O) groups excluding carboxylic acids is 1. The van der Waals surface area contributed by atoms with Gasteiger partial charge in [0.25, 0.3) is 5.91 Å². The Labute approximate surface area is 170 Å². The van der Waals surface area contributed by atoms with Crippen LogP contribution in [0.25, 0.3) is 0 Å². The minimum atomic E-state index is -0.984. The van der Waals surface area contributed by atoms with Crippen LogP contribution in [-0.4, -0.2) is 48.3 Å². The third-order valence-electron chi connectivity index (χ3n) is 5.12. The Hall–Kier alpha value is -2.24. The van der Waals surface area contributed by atoms with Crippen molar-refractivity contribution in [2.24, 2.45) is 0 Å². The second-order valence-corrected chi connectivity index (χ2v) is 7.73. The molecule has 1 saturated heterocycles. The number of hydrogen-bond donors (Lipinski definition) is 1. The van der Waals surface area contributed by atoms with E-state index >= 15 is 0 Å². The molecule has 0 spiro atoms. The average molecular weight is 404 g/mol. The van der Waals surface area contributed by atoms with Gasteiger partial charge in [0.2, 0.25) is 0 Å². The monoisotopic (exact) mass is 403 g/mol. The number of amides is 1. The van der Waals surface area contributed by atoms with Crippen molar-refractivity contribution < 1.29 is 19.4 Å². The highest BCUT2D eigenvalue weighted by atomic mass is 35.5. The third kappa shape index (κ3) is 4.97. The summed E-state index contributed by atoms with van der Waals surface area (Å²) in [5, 5.41) is 11.5. The van der Waals surface area contributed by atoms with Gasteiger partial charge in [0.1, 0.15) is 23.7 Å². The highest BCUT2D eigenvalue weighted by molar-refractivity contribution is 6.32. The first-order valence-corrected chi connectivity index (χ1v) is 9.83. The fourth-order valence-corrected chi connectivity index (χ4v) is 3.55. The lowest BCUT2D eigenvalue weighted by atomic mass is 9.96. The number of methoxy groups -OCH3 is 1. The predicted molar refractivity (Wildman–Crippen MR) is 109 cm³/mol. The molecule has 3 rings (SSSR count). The van der Waals surface area contributed by atoms with E-state index in [-0.39, 0.29) is 12.5 Å². The summed E-state index contributed by atoms with van der Waals surface area (Å²) in [6, 6.07) is 12.7. The highest BCUT2D eigenvalue weighted by Gasteiger charge is 2.32. The second-order valence-electron chi connectivity index (χ2n) is 7.32. The summed E-state index contributed by atoms with van der Waals surface area (Å²) in [4.78, 5) is 14.6. The summed E-state index contributed by atoms with van der Waals surface area (Å²) in [5.41, 5.74) is 0.680.